The van der Waals surface area contributed by atoms with E-state index >= 15 is 0 Å². The van der Waals surface area contributed by atoms with Crippen LogP contribution in [0.4, 0.5) is 5.69 Å². The fourth-order valence-electron chi connectivity index (χ4n) is 1.62. The average molecular weight is 358 g/mol. The van der Waals surface area contributed by atoms with Crippen LogP contribution in [-0.2, 0) is 9.53 Å². The van der Waals surface area contributed by atoms with Gasteiger partial charge in [0.15, 0.2) is 0 Å². The van der Waals surface area contributed by atoms with Crippen molar-refractivity contribution >= 4 is 27.5 Å². The number of anilines is 1. The molecule has 5 heteroatoms. The maximum absolute atomic E-state index is 11.7. The van der Waals surface area contributed by atoms with Crippen molar-refractivity contribution in [1.29, 1.82) is 0 Å². The van der Waals surface area contributed by atoms with Gasteiger partial charge in [-0.1, -0.05) is 29.3 Å². The Labute approximate surface area is 135 Å². The second-order valence-corrected chi connectivity index (χ2v) is 5.47. The number of rotatable bonds is 11. The van der Waals surface area contributed by atoms with Crippen LogP contribution in [0.1, 0.15) is 32.6 Å². The molecule has 4 nitrogen and oxygen atoms in total. The quantitative estimate of drug-likeness (QED) is 0.481. The van der Waals surface area contributed by atoms with E-state index in [1.807, 2.05) is 24.3 Å². The van der Waals surface area contributed by atoms with E-state index in [4.69, 9.17) is 9.47 Å². The Kier molecular flexibility index (Phi) is 9.91. The van der Waals surface area contributed by atoms with Crippen molar-refractivity contribution in [2.75, 3.05) is 30.5 Å². The van der Waals surface area contributed by atoms with Crippen LogP contribution in [0.5, 0.6) is 5.75 Å². The van der Waals surface area contributed by atoms with Crippen molar-refractivity contribution in [2.24, 2.45) is 0 Å². The molecule has 1 rings (SSSR count). The number of hydrogen-bond acceptors (Lipinski definition) is 3. The molecule has 0 saturated heterocycles. The second-order valence-electron chi connectivity index (χ2n) is 4.68. The highest BCUT2D eigenvalue weighted by Gasteiger charge is 2.02. The van der Waals surface area contributed by atoms with Gasteiger partial charge in [0.05, 0.1) is 19.6 Å². The van der Waals surface area contributed by atoms with Crippen LogP contribution in [0.3, 0.4) is 0 Å². The van der Waals surface area contributed by atoms with Crippen LogP contribution < -0.4 is 10.1 Å². The van der Waals surface area contributed by atoms with Gasteiger partial charge in [0, 0.05) is 17.6 Å². The summed E-state index contributed by atoms with van der Waals surface area (Å²) in [5.74, 6) is 0.788. The largest absolute Gasteiger partial charge is 0.494 e. The van der Waals surface area contributed by atoms with Gasteiger partial charge in [-0.05, 0) is 37.1 Å². The monoisotopic (exact) mass is 357 g/mol. The van der Waals surface area contributed by atoms with Crippen molar-refractivity contribution in [3.8, 4) is 5.75 Å². The number of ether oxygens (including phenoxy) is 2. The van der Waals surface area contributed by atoms with Gasteiger partial charge >= 0.3 is 0 Å². The molecule has 0 bridgehead atoms. The van der Waals surface area contributed by atoms with Crippen molar-refractivity contribution in [3.63, 3.8) is 0 Å². The number of carbonyl (C=O) groups excluding carboxylic acids is 1. The van der Waals surface area contributed by atoms with Gasteiger partial charge in [-0.2, -0.15) is 0 Å². The molecule has 1 aromatic rings. The van der Waals surface area contributed by atoms with Crippen LogP contribution in [0.25, 0.3) is 0 Å². The fourth-order valence-corrected chi connectivity index (χ4v) is 1.84. The Bertz CT molecular complexity index is 395. The maximum Gasteiger partial charge on any atom is 0.226 e. The molecular formula is C16H24BrNO3. The summed E-state index contributed by atoms with van der Waals surface area (Å²) in [6.07, 6.45) is 3.50. The topological polar surface area (TPSA) is 47.6 Å². The van der Waals surface area contributed by atoms with Gasteiger partial charge in [0.1, 0.15) is 5.75 Å². The van der Waals surface area contributed by atoms with E-state index in [0.29, 0.717) is 19.6 Å². The molecule has 0 aliphatic rings. The van der Waals surface area contributed by atoms with Crippen LogP contribution >= 0.6 is 15.9 Å². The lowest BCUT2D eigenvalue weighted by atomic mass is 10.3. The maximum atomic E-state index is 11.7. The lowest BCUT2D eigenvalue weighted by molar-refractivity contribution is -0.117. The van der Waals surface area contributed by atoms with E-state index in [-0.39, 0.29) is 5.91 Å². The molecule has 118 valence electrons. The summed E-state index contributed by atoms with van der Waals surface area (Å²) in [7, 11) is 0. The number of hydrogen-bond donors (Lipinski definition) is 1. The summed E-state index contributed by atoms with van der Waals surface area (Å²) in [5, 5.41) is 3.78. The molecule has 0 aliphatic carbocycles. The van der Waals surface area contributed by atoms with E-state index in [1.165, 1.54) is 0 Å². The zero-order valence-corrected chi connectivity index (χ0v) is 14.2. The Morgan fingerprint density at radius 3 is 2.57 bits per heavy atom. The highest BCUT2D eigenvalue weighted by Crippen LogP contribution is 2.16. The molecule has 0 fully saturated rings. The van der Waals surface area contributed by atoms with Crippen molar-refractivity contribution in [3.05, 3.63) is 24.3 Å². The van der Waals surface area contributed by atoms with Crippen LogP contribution in [0, 0.1) is 0 Å². The molecule has 1 aromatic carbocycles. The minimum absolute atomic E-state index is 0.0283. The van der Waals surface area contributed by atoms with Crippen LogP contribution in [0.2, 0.25) is 0 Å². The summed E-state index contributed by atoms with van der Waals surface area (Å²) in [4.78, 5) is 11.7. The number of halogens is 1. The highest BCUT2D eigenvalue weighted by atomic mass is 79.9. The SMILES string of the molecule is CCCCOCCC(=O)Nc1ccc(OCCCBr)cc1. The normalized spacial score (nSPS) is 10.4. The molecule has 21 heavy (non-hydrogen) atoms. The predicted octanol–water partition coefficient (Wildman–Crippen LogP) is 4.00. The molecular weight excluding hydrogens is 334 g/mol. The molecule has 0 atom stereocenters. The Morgan fingerprint density at radius 1 is 1.14 bits per heavy atom. The van der Waals surface area contributed by atoms with E-state index < -0.39 is 0 Å². The first kappa shape index (κ1) is 18.0. The smallest absolute Gasteiger partial charge is 0.226 e. The lowest BCUT2D eigenvalue weighted by Gasteiger charge is -2.08. The third-order valence-electron chi connectivity index (χ3n) is 2.80. The molecule has 0 aromatic heterocycles. The molecule has 0 saturated carbocycles. The standard InChI is InChI=1S/C16H24BrNO3/c1-2-3-11-20-13-9-16(19)18-14-5-7-15(8-6-14)21-12-4-10-17/h5-8H,2-4,9-13H2,1H3,(H,18,19). The van der Waals surface area contributed by atoms with Gasteiger partial charge < -0.3 is 14.8 Å². The predicted molar refractivity (Wildman–Crippen MR) is 89.3 cm³/mol. The zero-order chi connectivity index (χ0) is 15.3. The molecule has 0 aliphatic heterocycles. The molecule has 0 radical (unpaired) electrons. The molecule has 0 unspecified atom stereocenters. The van der Waals surface area contributed by atoms with Gasteiger partial charge in [-0.3, -0.25) is 4.79 Å². The Balaban J connectivity index is 2.23. The van der Waals surface area contributed by atoms with Crippen molar-refractivity contribution in [2.45, 2.75) is 32.6 Å². The number of benzene rings is 1. The number of alkyl halides is 1. The minimum Gasteiger partial charge on any atom is -0.494 e. The van der Waals surface area contributed by atoms with E-state index in [1.54, 1.807) is 0 Å². The molecule has 1 amide bonds. The summed E-state index contributed by atoms with van der Waals surface area (Å²) in [6.45, 7) is 4.00. The fraction of sp³-hybridized carbons (Fsp3) is 0.562. The van der Waals surface area contributed by atoms with Crippen LogP contribution in [0.15, 0.2) is 24.3 Å². The first-order chi connectivity index (χ1) is 10.3. The summed E-state index contributed by atoms with van der Waals surface area (Å²) >= 11 is 3.36. The summed E-state index contributed by atoms with van der Waals surface area (Å²) in [5.41, 5.74) is 0.779. The number of amides is 1. The third-order valence-corrected chi connectivity index (χ3v) is 3.36. The van der Waals surface area contributed by atoms with Gasteiger partial charge in [0.2, 0.25) is 5.91 Å². The highest BCUT2D eigenvalue weighted by molar-refractivity contribution is 9.09. The molecule has 0 spiro atoms. The zero-order valence-electron chi connectivity index (χ0n) is 12.6. The number of carbonyl (C=O) groups is 1. The van der Waals surface area contributed by atoms with Gasteiger partial charge in [-0.25, -0.2) is 0 Å². The van der Waals surface area contributed by atoms with E-state index in [9.17, 15) is 4.79 Å². The summed E-state index contributed by atoms with van der Waals surface area (Å²) in [6, 6.07) is 7.42. The second kappa shape index (κ2) is 11.6. The van der Waals surface area contributed by atoms with E-state index in [2.05, 4.69) is 28.2 Å². The average Bonchev–Trinajstić information content (AvgIpc) is 2.49. The third kappa shape index (κ3) is 8.73. The van der Waals surface area contributed by atoms with Crippen LogP contribution in [-0.4, -0.2) is 31.1 Å². The molecule has 1 N–H and O–H groups in total. The van der Waals surface area contributed by atoms with Crippen molar-refractivity contribution < 1.29 is 14.3 Å². The number of nitrogens with one attached hydrogen (secondary N) is 1. The minimum atomic E-state index is -0.0283. The Morgan fingerprint density at radius 2 is 1.90 bits per heavy atom. The lowest BCUT2D eigenvalue weighted by Crippen LogP contribution is -2.14. The number of unbranched alkanes of at least 4 members (excludes halogenated alkanes) is 1. The van der Waals surface area contributed by atoms with E-state index in [0.717, 1.165) is 42.6 Å². The first-order valence-corrected chi connectivity index (χ1v) is 8.55. The first-order valence-electron chi connectivity index (χ1n) is 7.42. The van der Waals surface area contributed by atoms with Gasteiger partial charge in [-0.15, -0.1) is 0 Å². The van der Waals surface area contributed by atoms with Crippen molar-refractivity contribution in [1.82, 2.24) is 0 Å². The Hall–Kier alpha value is -1.07. The summed E-state index contributed by atoms with van der Waals surface area (Å²) < 4.78 is 10.9. The van der Waals surface area contributed by atoms with Gasteiger partial charge in [0.25, 0.3) is 0 Å². The molecule has 0 heterocycles.